The molecule has 0 fully saturated rings. The van der Waals surface area contributed by atoms with E-state index in [-0.39, 0.29) is 0 Å². The molecular weight excluding hydrogens is 1810 g/mol. The van der Waals surface area contributed by atoms with E-state index in [4.69, 9.17) is 272 Å². The molecule has 0 aliphatic carbocycles. The maximum absolute atomic E-state index is 6.08. The van der Waals surface area contributed by atoms with Crippen molar-refractivity contribution in [3.63, 3.8) is 0 Å². The van der Waals surface area contributed by atoms with Crippen LogP contribution in [0.1, 0.15) is 33.4 Å². The quantitative estimate of drug-likeness (QED) is 0.0715. The second-order valence-electron chi connectivity index (χ2n) is 22.3. The van der Waals surface area contributed by atoms with Crippen molar-refractivity contribution in [2.45, 2.75) is 39.1 Å². The minimum Gasteiger partial charge on any atom is -0.493 e. The van der Waals surface area contributed by atoms with Crippen LogP contribution in [-0.4, -0.2) is 19.8 Å². The highest BCUT2D eigenvalue weighted by Gasteiger charge is 2.11. The first-order valence-electron chi connectivity index (χ1n) is 31.6. The van der Waals surface area contributed by atoms with Crippen molar-refractivity contribution in [1.82, 2.24) is 0 Å². The molecule has 0 atom stereocenters. The summed E-state index contributed by atoms with van der Waals surface area (Å²) in [5.41, 5.74) is 6.02. The van der Waals surface area contributed by atoms with Gasteiger partial charge in [-0.2, -0.15) is 0 Å². The number of hydrogen-bond acceptors (Lipinski definition) is 6. The van der Waals surface area contributed by atoms with Crippen molar-refractivity contribution in [1.29, 1.82) is 0 Å². The molecule has 0 heterocycles. The van der Waals surface area contributed by atoms with Gasteiger partial charge in [0.15, 0.2) is 0 Å². The van der Waals surface area contributed by atoms with Gasteiger partial charge in [-0.25, -0.2) is 0 Å². The first kappa shape index (κ1) is 90.7. The molecule has 0 N–H and O–H groups in total. The van der Waals surface area contributed by atoms with Gasteiger partial charge in [0.25, 0.3) is 0 Å². The van der Waals surface area contributed by atoms with Crippen molar-refractivity contribution in [3.05, 3.63) is 375 Å². The van der Waals surface area contributed by atoms with E-state index >= 15 is 0 Å². The lowest BCUT2D eigenvalue weighted by molar-refractivity contribution is 0.306. The predicted octanol–water partition coefficient (Wildman–Crippen LogP) is 33.4. The van der Waals surface area contributed by atoms with E-state index in [0.29, 0.717) is 199 Å². The molecule has 12 aromatic carbocycles. The SMILES string of the molecule is Clc1cc(Cl)cc(OCCc2ccc(Cl)cc2Cl)c1.Clc1ccc(CCOc2cc(Cl)ccc2Cl)c(Cl)c1.Clc1ccc(CCOc2ccc(Cl)cc2Cl)c(Cl)c1.Clc1ccc(COc2cc(Cl)cc(Cl)c2)cc1.Clc1ccc(COc2cc(Cl)ccc2Cl)cc1.Clc1ccc(COc2ccc(Cl)cc2Cl)cc1. The van der Waals surface area contributed by atoms with Gasteiger partial charge in [-0.3, -0.25) is 0 Å². The van der Waals surface area contributed by atoms with Gasteiger partial charge in [0.2, 0.25) is 0 Å². The number of benzene rings is 12. The molecule has 0 bridgehead atoms. The molecule has 0 saturated heterocycles. The third-order valence-electron chi connectivity index (χ3n) is 14.1. The summed E-state index contributed by atoms with van der Waals surface area (Å²) in [4.78, 5) is 0. The summed E-state index contributed by atoms with van der Waals surface area (Å²) < 4.78 is 33.5. The lowest BCUT2D eigenvalue weighted by Crippen LogP contribution is -2.02. The van der Waals surface area contributed by atoms with Crippen LogP contribution in [0.15, 0.2) is 237 Å². The smallest absolute Gasteiger partial charge is 0.139 e. The first-order chi connectivity index (χ1) is 51.6. The Labute approximate surface area is 732 Å². The lowest BCUT2D eigenvalue weighted by Gasteiger charge is -2.09. The van der Waals surface area contributed by atoms with E-state index in [1.54, 1.807) is 146 Å². The number of ether oxygens (including phenoxy) is 6. The van der Waals surface area contributed by atoms with Gasteiger partial charge < -0.3 is 28.4 Å². The minimum absolute atomic E-state index is 0.428. The summed E-state index contributed by atoms with van der Waals surface area (Å²) in [5, 5.41) is 12.5. The zero-order valence-corrected chi connectivity index (χ0v) is 71.6. The molecule has 0 amide bonds. The maximum Gasteiger partial charge on any atom is 0.139 e. The molecule has 564 valence electrons. The van der Waals surface area contributed by atoms with Crippen LogP contribution >= 0.6 is 244 Å². The van der Waals surface area contributed by atoms with Gasteiger partial charge in [-0.1, -0.05) is 298 Å². The van der Waals surface area contributed by atoms with E-state index < -0.39 is 0 Å². The Bertz CT molecular complexity index is 4750. The zero-order valence-electron chi connectivity index (χ0n) is 55.8. The van der Waals surface area contributed by atoms with Gasteiger partial charge in [0.05, 0.1) is 39.9 Å². The van der Waals surface area contributed by atoms with Crippen molar-refractivity contribution in [2.75, 3.05) is 19.8 Å². The minimum atomic E-state index is 0.428. The van der Waals surface area contributed by atoms with Crippen LogP contribution in [0, 0.1) is 0 Å². The Hall–Kier alpha value is -4.47. The van der Waals surface area contributed by atoms with Crippen molar-refractivity contribution >= 4 is 244 Å². The third-order valence-corrected chi connectivity index (χ3v) is 19.7. The highest BCUT2D eigenvalue weighted by Crippen LogP contribution is 2.34. The number of halogens is 21. The monoisotopic (exact) mass is 1860 g/mol. The van der Waals surface area contributed by atoms with E-state index in [9.17, 15) is 0 Å². The van der Waals surface area contributed by atoms with Crippen LogP contribution in [0.4, 0.5) is 0 Å². The largest absolute Gasteiger partial charge is 0.493 e. The van der Waals surface area contributed by atoms with Gasteiger partial charge in [0, 0.05) is 117 Å². The van der Waals surface area contributed by atoms with Crippen LogP contribution in [0.5, 0.6) is 34.5 Å². The van der Waals surface area contributed by atoms with E-state index in [0.717, 1.165) is 33.4 Å². The van der Waals surface area contributed by atoms with Gasteiger partial charge >= 0.3 is 0 Å². The van der Waals surface area contributed by atoms with Crippen molar-refractivity contribution in [2.24, 2.45) is 0 Å². The Morgan fingerprint density at radius 3 is 0.759 bits per heavy atom. The summed E-state index contributed by atoms with van der Waals surface area (Å²) in [5.74, 6) is 3.66. The van der Waals surface area contributed by atoms with Crippen LogP contribution in [0.25, 0.3) is 0 Å². The fourth-order valence-corrected chi connectivity index (χ4v) is 13.3. The molecule has 0 radical (unpaired) electrons. The average molecular weight is 1870 g/mol. The van der Waals surface area contributed by atoms with Gasteiger partial charge in [0.1, 0.15) is 54.3 Å². The summed E-state index contributed by atoms with van der Waals surface area (Å²) in [6, 6.07) is 69.3. The lowest BCUT2D eigenvalue weighted by atomic mass is 10.2. The molecule has 6 nitrogen and oxygen atoms in total. The summed E-state index contributed by atoms with van der Waals surface area (Å²) >= 11 is 124. The molecule has 0 saturated carbocycles. The fourth-order valence-electron chi connectivity index (χ4n) is 8.81. The number of hydrogen-bond donors (Lipinski definition) is 0. The Morgan fingerprint density at radius 1 is 0.167 bits per heavy atom. The van der Waals surface area contributed by atoms with Crippen LogP contribution < -0.4 is 28.4 Å². The van der Waals surface area contributed by atoms with E-state index in [1.807, 2.05) is 91.0 Å². The molecule has 0 aliphatic heterocycles. The first-order valence-corrected chi connectivity index (χ1v) is 39.6. The molecule has 12 aromatic rings. The number of rotatable bonds is 21. The molecule has 0 unspecified atom stereocenters. The second-order valence-corrected chi connectivity index (χ2v) is 31.2. The Morgan fingerprint density at radius 2 is 0.417 bits per heavy atom. The molecule has 0 spiro atoms. The summed E-state index contributed by atoms with van der Waals surface area (Å²) in [6.45, 7) is 2.74. The van der Waals surface area contributed by atoms with Crippen LogP contribution in [0.3, 0.4) is 0 Å². The standard InChI is InChI=1S/3C14H10Cl4O.3C13H9Cl3O/c15-10-2-1-9(14(18)8-10)3-4-19-13-6-11(16)5-12(17)7-13;15-10-2-1-9(12(17)7-10)5-6-19-14-4-3-11(16)8-13(14)18;15-10-2-1-9(13(18)7-10)5-6-19-14-8-11(16)3-4-12(14)17;14-10-3-1-9(2-4-10)8-17-13-6-11(15)5-12(16)7-13;14-10-3-1-9(2-4-10)8-17-13-6-5-11(15)7-12(13)16;14-10-3-1-9(2-4-10)8-17-13-7-11(15)5-6-12(13)16/h1-2,5-8H,3-4H2;2*1-4,7-8H,5-6H2;3*1-7H,8H2. The second kappa shape index (κ2) is 47.9. The van der Waals surface area contributed by atoms with E-state index in [2.05, 4.69) is 0 Å². The summed E-state index contributed by atoms with van der Waals surface area (Å²) in [6.07, 6.45) is 2.02. The topological polar surface area (TPSA) is 55.4 Å². The average Bonchev–Trinajstić information content (AvgIpc) is 0.895. The highest BCUT2D eigenvalue weighted by molar-refractivity contribution is 6.39. The van der Waals surface area contributed by atoms with Crippen LogP contribution in [-0.2, 0) is 39.1 Å². The Kier molecular flexibility index (Phi) is 40.2. The third kappa shape index (κ3) is 34.1. The zero-order chi connectivity index (χ0) is 78.2. The fraction of sp³-hybridized carbons (Fsp3) is 0.111. The molecule has 27 heteroatoms. The van der Waals surface area contributed by atoms with E-state index in [1.165, 1.54) is 0 Å². The maximum atomic E-state index is 6.08. The molecule has 12 rings (SSSR count). The normalized spacial score (nSPS) is 10.4. The van der Waals surface area contributed by atoms with Crippen molar-refractivity contribution < 1.29 is 28.4 Å². The molecule has 108 heavy (non-hydrogen) atoms. The van der Waals surface area contributed by atoms with Crippen LogP contribution in [0.2, 0.25) is 105 Å². The predicted molar refractivity (Wildman–Crippen MR) is 463 cm³/mol. The molecule has 0 aliphatic rings. The molecule has 0 aromatic heterocycles. The summed E-state index contributed by atoms with van der Waals surface area (Å²) in [7, 11) is 0. The Balaban J connectivity index is 0.000000181. The van der Waals surface area contributed by atoms with Gasteiger partial charge in [-0.15, -0.1) is 0 Å². The highest BCUT2D eigenvalue weighted by atomic mass is 35.5. The van der Waals surface area contributed by atoms with Crippen molar-refractivity contribution in [3.8, 4) is 34.5 Å². The van der Waals surface area contributed by atoms with Gasteiger partial charge in [-0.05, 0) is 203 Å². The molecular formula is C81H57Cl21O6.